The molecule has 0 unspecified atom stereocenters. The standard InChI is InChI=1S/C46H74O/c1-5-13-37-15-19-41(20-16-37)45(27-9-7-10-28-45)43(3)31-23-39(24-32-43)35-47-36-40-25-33-44(4,34-26-40)46(29-11-8-12-30-46)42-21-17-38(14-6-2)18-22-42/h23-26,31-34,37-42H,5-22,27-30,35-36H2,1-4H3. The molecule has 0 saturated heterocycles. The highest BCUT2D eigenvalue weighted by Gasteiger charge is 2.53. The van der Waals surface area contributed by atoms with Gasteiger partial charge in [-0.2, -0.15) is 0 Å². The minimum atomic E-state index is 0.204. The van der Waals surface area contributed by atoms with Gasteiger partial charge in [0.15, 0.2) is 0 Å². The Balaban J connectivity index is 1.02. The predicted molar refractivity (Wildman–Crippen MR) is 202 cm³/mol. The summed E-state index contributed by atoms with van der Waals surface area (Å²) in [6.07, 6.45) is 52.5. The molecule has 4 fully saturated rings. The van der Waals surface area contributed by atoms with Crippen molar-refractivity contribution >= 4 is 0 Å². The highest BCUT2D eigenvalue weighted by molar-refractivity contribution is 5.27. The van der Waals surface area contributed by atoms with Crippen molar-refractivity contribution in [1.82, 2.24) is 0 Å². The fraction of sp³-hybridized carbons (Fsp3) is 0.826. The SMILES string of the molecule is CCCC1CCC(C2(C3(C)C=CC(COCC4C=CC(C)(C5(C6CCC(CCC)CC6)CCCCC5)C=C4)C=C3)CCCCC2)CC1. The normalized spacial score (nSPS) is 40.0. The lowest BCUT2D eigenvalue weighted by Gasteiger charge is -2.56. The molecule has 0 heterocycles. The molecule has 0 atom stereocenters. The van der Waals surface area contributed by atoms with Gasteiger partial charge in [-0.25, -0.2) is 0 Å². The van der Waals surface area contributed by atoms with Gasteiger partial charge in [0.05, 0.1) is 13.2 Å². The van der Waals surface area contributed by atoms with Gasteiger partial charge in [-0.05, 0) is 85.9 Å². The molecule has 0 spiro atoms. The topological polar surface area (TPSA) is 9.23 Å². The van der Waals surface area contributed by atoms with Crippen molar-refractivity contribution < 1.29 is 4.74 Å². The van der Waals surface area contributed by atoms with Gasteiger partial charge in [-0.15, -0.1) is 0 Å². The quantitative estimate of drug-likeness (QED) is 0.192. The first-order valence-corrected chi connectivity index (χ1v) is 21.2. The zero-order chi connectivity index (χ0) is 32.8. The van der Waals surface area contributed by atoms with Crippen LogP contribution in [-0.2, 0) is 4.74 Å². The van der Waals surface area contributed by atoms with Gasteiger partial charge in [0.2, 0.25) is 0 Å². The molecular formula is C46H74O. The van der Waals surface area contributed by atoms with Crippen LogP contribution in [0, 0.1) is 57.2 Å². The zero-order valence-corrected chi connectivity index (χ0v) is 31.5. The maximum Gasteiger partial charge on any atom is 0.0563 e. The van der Waals surface area contributed by atoms with Crippen molar-refractivity contribution in [2.45, 2.75) is 169 Å². The minimum Gasteiger partial charge on any atom is -0.380 e. The number of ether oxygens (including phenoxy) is 1. The van der Waals surface area contributed by atoms with E-state index in [9.17, 15) is 0 Å². The van der Waals surface area contributed by atoms with Crippen LogP contribution < -0.4 is 0 Å². The van der Waals surface area contributed by atoms with Crippen LogP contribution in [0.4, 0.5) is 0 Å². The Bertz CT molecular complexity index is 962. The van der Waals surface area contributed by atoms with E-state index in [0.717, 1.165) is 36.9 Å². The molecule has 0 amide bonds. The van der Waals surface area contributed by atoms with Crippen molar-refractivity contribution in [1.29, 1.82) is 0 Å². The summed E-state index contributed by atoms with van der Waals surface area (Å²) in [4.78, 5) is 0. The van der Waals surface area contributed by atoms with E-state index in [1.165, 1.54) is 141 Å². The van der Waals surface area contributed by atoms with E-state index >= 15 is 0 Å². The summed E-state index contributed by atoms with van der Waals surface area (Å²) in [5, 5.41) is 0. The second kappa shape index (κ2) is 15.9. The van der Waals surface area contributed by atoms with Crippen LogP contribution in [0.5, 0.6) is 0 Å². The first-order valence-electron chi connectivity index (χ1n) is 21.2. The largest absolute Gasteiger partial charge is 0.380 e. The molecule has 6 aliphatic rings. The van der Waals surface area contributed by atoms with Crippen LogP contribution in [-0.4, -0.2) is 13.2 Å². The minimum absolute atomic E-state index is 0.204. The molecule has 264 valence electrons. The van der Waals surface area contributed by atoms with Crippen LogP contribution in [0.2, 0.25) is 0 Å². The molecular weight excluding hydrogens is 569 g/mol. The first-order chi connectivity index (χ1) is 22.9. The lowest BCUT2D eigenvalue weighted by Crippen LogP contribution is -2.47. The Morgan fingerprint density at radius 1 is 0.489 bits per heavy atom. The Kier molecular flexibility index (Phi) is 12.1. The molecule has 0 aromatic heterocycles. The van der Waals surface area contributed by atoms with E-state index in [0.29, 0.717) is 22.7 Å². The fourth-order valence-electron chi connectivity index (χ4n) is 12.7. The van der Waals surface area contributed by atoms with Gasteiger partial charge < -0.3 is 4.74 Å². The molecule has 6 rings (SSSR count). The van der Waals surface area contributed by atoms with Crippen LogP contribution in [0.15, 0.2) is 48.6 Å². The third-order valence-electron chi connectivity index (χ3n) is 15.7. The zero-order valence-electron chi connectivity index (χ0n) is 31.5. The average Bonchev–Trinajstić information content (AvgIpc) is 3.11. The van der Waals surface area contributed by atoms with E-state index in [4.69, 9.17) is 4.74 Å². The lowest BCUT2D eigenvalue weighted by molar-refractivity contribution is -0.0160. The molecule has 1 heteroatoms. The summed E-state index contributed by atoms with van der Waals surface area (Å²) < 4.78 is 6.49. The van der Waals surface area contributed by atoms with Crippen LogP contribution in [0.1, 0.15) is 169 Å². The second-order valence-electron chi connectivity index (χ2n) is 18.3. The molecule has 4 saturated carbocycles. The van der Waals surface area contributed by atoms with Gasteiger partial charge in [-0.1, -0.05) is 166 Å². The molecule has 0 aromatic rings. The summed E-state index contributed by atoms with van der Waals surface area (Å²) in [5.74, 6) is 4.63. The molecule has 0 aromatic carbocycles. The summed E-state index contributed by atoms with van der Waals surface area (Å²) in [6, 6.07) is 0. The molecule has 0 bridgehead atoms. The number of hydrogen-bond acceptors (Lipinski definition) is 1. The third-order valence-corrected chi connectivity index (χ3v) is 15.7. The van der Waals surface area contributed by atoms with Gasteiger partial charge in [0.25, 0.3) is 0 Å². The van der Waals surface area contributed by atoms with E-state index in [2.05, 4.69) is 76.3 Å². The van der Waals surface area contributed by atoms with Crippen LogP contribution in [0.3, 0.4) is 0 Å². The number of rotatable bonds is 12. The van der Waals surface area contributed by atoms with Crippen molar-refractivity contribution in [3.63, 3.8) is 0 Å². The summed E-state index contributed by atoms with van der Waals surface area (Å²) in [5.41, 5.74) is 1.35. The van der Waals surface area contributed by atoms with E-state index in [1.807, 2.05) is 0 Å². The predicted octanol–water partition coefficient (Wildman–Crippen LogP) is 13.6. The monoisotopic (exact) mass is 643 g/mol. The third kappa shape index (κ3) is 7.52. The van der Waals surface area contributed by atoms with Crippen LogP contribution >= 0.6 is 0 Å². The number of hydrogen-bond donors (Lipinski definition) is 0. The molecule has 0 aliphatic heterocycles. The smallest absolute Gasteiger partial charge is 0.0563 e. The van der Waals surface area contributed by atoms with Crippen molar-refractivity contribution in [3.8, 4) is 0 Å². The van der Waals surface area contributed by atoms with E-state index in [-0.39, 0.29) is 10.8 Å². The Morgan fingerprint density at radius 2 is 0.830 bits per heavy atom. The Labute approximate surface area is 291 Å². The van der Waals surface area contributed by atoms with Gasteiger partial charge >= 0.3 is 0 Å². The number of allylic oxidation sites excluding steroid dienone is 4. The first kappa shape index (κ1) is 35.7. The summed E-state index contributed by atoms with van der Waals surface area (Å²) in [6.45, 7) is 11.6. The lowest BCUT2D eigenvalue weighted by atomic mass is 9.49. The highest BCUT2D eigenvalue weighted by atomic mass is 16.5. The maximum atomic E-state index is 6.49. The summed E-state index contributed by atoms with van der Waals surface area (Å²) >= 11 is 0. The van der Waals surface area contributed by atoms with Gasteiger partial charge in [-0.3, -0.25) is 0 Å². The van der Waals surface area contributed by atoms with Gasteiger partial charge in [0, 0.05) is 22.7 Å². The second-order valence-corrected chi connectivity index (χ2v) is 18.3. The van der Waals surface area contributed by atoms with Gasteiger partial charge in [0.1, 0.15) is 0 Å². The molecule has 6 aliphatic carbocycles. The summed E-state index contributed by atoms with van der Waals surface area (Å²) in [7, 11) is 0. The Hall–Kier alpha value is -1.08. The molecule has 1 nitrogen and oxygen atoms in total. The fourth-order valence-corrected chi connectivity index (χ4v) is 12.7. The molecule has 0 N–H and O–H groups in total. The van der Waals surface area contributed by atoms with E-state index in [1.54, 1.807) is 0 Å². The highest BCUT2D eigenvalue weighted by Crippen LogP contribution is 2.62. The molecule has 0 radical (unpaired) electrons. The maximum absolute atomic E-state index is 6.49. The molecule has 47 heavy (non-hydrogen) atoms. The average molecular weight is 643 g/mol. The Morgan fingerprint density at radius 3 is 1.15 bits per heavy atom. The van der Waals surface area contributed by atoms with Crippen molar-refractivity contribution in [3.05, 3.63) is 48.6 Å². The van der Waals surface area contributed by atoms with E-state index < -0.39 is 0 Å². The van der Waals surface area contributed by atoms with Crippen LogP contribution in [0.25, 0.3) is 0 Å². The van der Waals surface area contributed by atoms with Crippen molar-refractivity contribution in [2.24, 2.45) is 57.2 Å². The van der Waals surface area contributed by atoms with Crippen molar-refractivity contribution in [2.75, 3.05) is 13.2 Å².